The summed E-state index contributed by atoms with van der Waals surface area (Å²) in [6.07, 6.45) is 4.23. The molecule has 1 unspecified atom stereocenters. The smallest absolute Gasteiger partial charge is 0.158 e. The predicted octanol–water partition coefficient (Wildman–Crippen LogP) is 4.66. The molecule has 0 fully saturated rings. The van der Waals surface area contributed by atoms with Crippen LogP contribution in [0, 0.1) is 0 Å². The minimum Gasteiger partial charge on any atom is -0.347 e. The lowest BCUT2D eigenvalue weighted by Crippen LogP contribution is -2.24. The molecule has 1 heterocycles. The molecule has 1 aliphatic heterocycles. The van der Waals surface area contributed by atoms with Gasteiger partial charge in [-0.05, 0) is 25.0 Å². The van der Waals surface area contributed by atoms with Crippen molar-refractivity contribution in [3.8, 4) is 0 Å². The first kappa shape index (κ1) is 15.3. The minimum atomic E-state index is 0.0423. The molecule has 0 spiro atoms. The second kappa shape index (κ2) is 6.66. The summed E-state index contributed by atoms with van der Waals surface area (Å²) < 4.78 is 0. The molecule has 3 rings (SSSR count). The maximum absolute atomic E-state index is 12.3. The lowest BCUT2D eigenvalue weighted by molar-refractivity contribution is -0.114. The SMILES string of the molecule is CC(=O)C1=C(C)N(Cc2ccccc2)C=CC1c1ccccc1. The second-order valence-electron chi connectivity index (χ2n) is 5.90. The standard InChI is InChI=1S/C21H21NO/c1-16-21(17(2)23)20(19-11-7-4-8-12-19)13-14-22(16)15-18-9-5-3-6-10-18/h3-14,20H,15H2,1-2H3. The van der Waals surface area contributed by atoms with Gasteiger partial charge in [0.25, 0.3) is 0 Å². The highest BCUT2D eigenvalue weighted by Gasteiger charge is 2.25. The van der Waals surface area contributed by atoms with Crippen LogP contribution in [-0.2, 0) is 11.3 Å². The fourth-order valence-corrected chi connectivity index (χ4v) is 3.14. The van der Waals surface area contributed by atoms with Crippen LogP contribution in [0.1, 0.15) is 30.9 Å². The van der Waals surface area contributed by atoms with Crippen molar-refractivity contribution in [2.75, 3.05) is 0 Å². The molecule has 0 bridgehead atoms. The number of nitrogens with zero attached hydrogens (tertiary/aromatic N) is 1. The number of hydrogen-bond acceptors (Lipinski definition) is 2. The van der Waals surface area contributed by atoms with Gasteiger partial charge in [-0.3, -0.25) is 4.79 Å². The van der Waals surface area contributed by atoms with Crippen LogP contribution in [0.4, 0.5) is 0 Å². The quantitative estimate of drug-likeness (QED) is 0.818. The monoisotopic (exact) mass is 303 g/mol. The molecular weight excluding hydrogens is 282 g/mol. The zero-order valence-electron chi connectivity index (χ0n) is 13.6. The molecule has 0 aliphatic carbocycles. The number of hydrogen-bond donors (Lipinski definition) is 0. The molecule has 0 aromatic heterocycles. The second-order valence-corrected chi connectivity index (χ2v) is 5.90. The van der Waals surface area contributed by atoms with Gasteiger partial charge in [0.15, 0.2) is 5.78 Å². The van der Waals surface area contributed by atoms with Crippen molar-refractivity contribution in [3.05, 3.63) is 95.3 Å². The molecule has 1 atom stereocenters. The normalized spacial score (nSPS) is 17.5. The Morgan fingerprint density at radius 2 is 1.61 bits per heavy atom. The van der Waals surface area contributed by atoms with Gasteiger partial charge in [-0.1, -0.05) is 66.7 Å². The first-order chi connectivity index (χ1) is 11.2. The van der Waals surface area contributed by atoms with Gasteiger partial charge in [-0.2, -0.15) is 0 Å². The van der Waals surface area contributed by atoms with E-state index in [9.17, 15) is 4.79 Å². The summed E-state index contributed by atoms with van der Waals surface area (Å²) in [5.41, 5.74) is 4.32. The van der Waals surface area contributed by atoms with E-state index in [2.05, 4.69) is 41.4 Å². The van der Waals surface area contributed by atoms with E-state index >= 15 is 0 Å². The van der Waals surface area contributed by atoms with Gasteiger partial charge in [0.05, 0.1) is 0 Å². The van der Waals surface area contributed by atoms with E-state index in [0.29, 0.717) is 0 Å². The number of allylic oxidation sites excluding steroid dienone is 3. The van der Waals surface area contributed by atoms with Gasteiger partial charge < -0.3 is 4.90 Å². The summed E-state index contributed by atoms with van der Waals surface area (Å²) in [4.78, 5) is 14.4. The number of rotatable bonds is 4. The van der Waals surface area contributed by atoms with Crippen LogP contribution in [0.3, 0.4) is 0 Å². The summed E-state index contributed by atoms with van der Waals surface area (Å²) in [5.74, 6) is 0.180. The summed E-state index contributed by atoms with van der Waals surface area (Å²) in [6, 6.07) is 20.5. The lowest BCUT2D eigenvalue weighted by Gasteiger charge is -2.31. The average Bonchev–Trinajstić information content (AvgIpc) is 2.58. The third-order valence-corrected chi connectivity index (χ3v) is 4.32. The van der Waals surface area contributed by atoms with Gasteiger partial charge in [-0.15, -0.1) is 0 Å². The molecule has 0 N–H and O–H groups in total. The van der Waals surface area contributed by atoms with Crippen molar-refractivity contribution in [2.24, 2.45) is 0 Å². The molecule has 2 heteroatoms. The molecule has 2 nitrogen and oxygen atoms in total. The highest BCUT2D eigenvalue weighted by Crippen LogP contribution is 2.34. The van der Waals surface area contributed by atoms with Crippen molar-refractivity contribution in [1.82, 2.24) is 4.90 Å². The van der Waals surface area contributed by atoms with Crippen molar-refractivity contribution >= 4 is 5.78 Å². The van der Waals surface area contributed by atoms with Gasteiger partial charge in [0.2, 0.25) is 0 Å². The Labute approximate surface area is 137 Å². The van der Waals surface area contributed by atoms with Gasteiger partial charge >= 0.3 is 0 Å². The Kier molecular flexibility index (Phi) is 4.42. The van der Waals surface area contributed by atoms with E-state index in [1.54, 1.807) is 6.92 Å². The maximum Gasteiger partial charge on any atom is 0.158 e. The summed E-state index contributed by atoms with van der Waals surface area (Å²) in [7, 11) is 0. The van der Waals surface area contributed by atoms with E-state index in [1.807, 2.05) is 43.3 Å². The van der Waals surface area contributed by atoms with Crippen molar-refractivity contribution in [3.63, 3.8) is 0 Å². The zero-order valence-corrected chi connectivity index (χ0v) is 13.6. The number of benzene rings is 2. The molecule has 2 aromatic carbocycles. The van der Waals surface area contributed by atoms with Crippen LogP contribution < -0.4 is 0 Å². The number of carbonyl (C=O) groups excluding carboxylic acids is 1. The Bertz CT molecular complexity index is 744. The largest absolute Gasteiger partial charge is 0.347 e. The Balaban J connectivity index is 1.94. The lowest BCUT2D eigenvalue weighted by atomic mass is 9.85. The summed E-state index contributed by atoms with van der Waals surface area (Å²) in [6.45, 7) is 4.48. The van der Waals surface area contributed by atoms with E-state index < -0.39 is 0 Å². The average molecular weight is 303 g/mol. The van der Waals surface area contributed by atoms with Crippen LogP contribution in [-0.4, -0.2) is 10.7 Å². The first-order valence-corrected chi connectivity index (χ1v) is 7.92. The third kappa shape index (κ3) is 3.26. The van der Waals surface area contributed by atoms with Gasteiger partial charge in [0.1, 0.15) is 0 Å². The maximum atomic E-state index is 12.3. The fraction of sp³-hybridized carbons (Fsp3) is 0.190. The molecule has 1 aliphatic rings. The Morgan fingerprint density at radius 1 is 1.00 bits per heavy atom. The fourth-order valence-electron chi connectivity index (χ4n) is 3.14. The van der Waals surface area contributed by atoms with Crippen molar-refractivity contribution in [2.45, 2.75) is 26.3 Å². The van der Waals surface area contributed by atoms with E-state index in [4.69, 9.17) is 0 Å². The van der Waals surface area contributed by atoms with Gasteiger partial charge in [-0.25, -0.2) is 0 Å². The highest BCUT2D eigenvalue weighted by molar-refractivity contribution is 5.96. The zero-order chi connectivity index (χ0) is 16.2. The van der Waals surface area contributed by atoms with Crippen molar-refractivity contribution in [1.29, 1.82) is 0 Å². The Morgan fingerprint density at radius 3 is 2.22 bits per heavy atom. The van der Waals surface area contributed by atoms with Crippen LogP contribution in [0.25, 0.3) is 0 Å². The number of Topliss-reactive ketones (excluding diaryl/α,β-unsaturated/α-hetero) is 1. The molecule has 0 radical (unpaired) electrons. The highest BCUT2D eigenvalue weighted by atomic mass is 16.1. The summed E-state index contributed by atoms with van der Waals surface area (Å²) >= 11 is 0. The van der Waals surface area contributed by atoms with E-state index in [-0.39, 0.29) is 11.7 Å². The third-order valence-electron chi connectivity index (χ3n) is 4.32. The van der Waals surface area contributed by atoms with Crippen molar-refractivity contribution < 1.29 is 4.79 Å². The predicted molar refractivity (Wildman–Crippen MR) is 93.7 cm³/mol. The Hall–Kier alpha value is -2.61. The molecule has 2 aromatic rings. The molecular formula is C21H21NO. The topological polar surface area (TPSA) is 20.3 Å². The minimum absolute atomic E-state index is 0.0423. The van der Waals surface area contributed by atoms with E-state index in [0.717, 1.165) is 23.4 Å². The summed E-state index contributed by atoms with van der Waals surface area (Å²) in [5, 5.41) is 0. The van der Waals surface area contributed by atoms with Crippen LogP contribution >= 0.6 is 0 Å². The number of ketones is 1. The van der Waals surface area contributed by atoms with Crippen LogP contribution in [0.5, 0.6) is 0 Å². The molecule has 116 valence electrons. The van der Waals surface area contributed by atoms with Crippen LogP contribution in [0.2, 0.25) is 0 Å². The molecule has 0 saturated heterocycles. The van der Waals surface area contributed by atoms with Gasteiger partial charge in [0, 0.05) is 29.9 Å². The molecule has 0 saturated carbocycles. The number of carbonyl (C=O) groups is 1. The first-order valence-electron chi connectivity index (χ1n) is 7.92. The molecule has 23 heavy (non-hydrogen) atoms. The molecule has 0 amide bonds. The van der Waals surface area contributed by atoms with Crippen LogP contribution in [0.15, 0.2) is 84.2 Å². The van der Waals surface area contributed by atoms with E-state index in [1.165, 1.54) is 5.56 Å².